The molecule has 2 rings (SSSR count). The van der Waals surface area contributed by atoms with Crippen molar-refractivity contribution in [1.82, 2.24) is 4.98 Å². The lowest BCUT2D eigenvalue weighted by atomic mass is 10.2. The quantitative estimate of drug-likeness (QED) is 0.761. The van der Waals surface area contributed by atoms with E-state index in [9.17, 15) is 0 Å². The third-order valence-corrected chi connectivity index (χ3v) is 2.01. The molecule has 0 amide bonds. The van der Waals surface area contributed by atoms with Crippen LogP contribution in [0.25, 0.3) is 11.1 Å². The van der Waals surface area contributed by atoms with E-state index in [1.54, 1.807) is 0 Å². The molecule has 1 aromatic heterocycles. The molecule has 1 N–H and O–H groups in total. The molecule has 0 saturated carbocycles. The first kappa shape index (κ1) is 8.26. The fourth-order valence-corrected chi connectivity index (χ4v) is 1.33. The second-order valence-corrected chi connectivity index (χ2v) is 2.88. The van der Waals surface area contributed by atoms with Gasteiger partial charge >= 0.3 is 0 Å². The predicted octanol–water partition coefficient (Wildman–Crippen LogP) is 1.88. The molecule has 0 aliphatic carbocycles. The number of aliphatic hydroxyl groups excluding tert-OH is 1. The van der Waals surface area contributed by atoms with Crippen LogP contribution in [0.3, 0.4) is 0 Å². The maximum atomic E-state index is 9.03. The molecular weight excluding hydrogens is 166 g/mol. The minimum atomic E-state index is -0.00428. The van der Waals surface area contributed by atoms with Gasteiger partial charge in [-0.3, -0.25) is 0 Å². The normalized spacial score (nSPS) is 10.9. The van der Waals surface area contributed by atoms with Gasteiger partial charge in [0.15, 0.2) is 11.5 Å². The summed E-state index contributed by atoms with van der Waals surface area (Å²) in [5, 5.41) is 9.03. The molecule has 0 spiro atoms. The van der Waals surface area contributed by atoms with Gasteiger partial charge in [-0.25, -0.2) is 4.98 Å². The number of hydrogen-bond donors (Lipinski definition) is 1. The van der Waals surface area contributed by atoms with E-state index in [2.05, 4.69) is 4.98 Å². The van der Waals surface area contributed by atoms with Crippen LogP contribution in [0.5, 0.6) is 0 Å². The lowest BCUT2D eigenvalue weighted by Crippen LogP contribution is -1.81. The van der Waals surface area contributed by atoms with E-state index in [4.69, 9.17) is 9.52 Å². The Labute approximate surface area is 76.0 Å². The number of rotatable bonds is 2. The van der Waals surface area contributed by atoms with Crippen LogP contribution in [0.2, 0.25) is 0 Å². The Morgan fingerprint density at radius 1 is 1.46 bits per heavy atom. The molecule has 1 heterocycles. The number of fused-ring (bicyclic) bond motifs is 1. The van der Waals surface area contributed by atoms with Crippen LogP contribution in [-0.2, 0) is 13.0 Å². The molecule has 3 nitrogen and oxygen atoms in total. The molecule has 68 valence electrons. The van der Waals surface area contributed by atoms with Crippen LogP contribution in [0.4, 0.5) is 0 Å². The first-order valence-corrected chi connectivity index (χ1v) is 4.33. The van der Waals surface area contributed by atoms with Crippen molar-refractivity contribution in [1.29, 1.82) is 0 Å². The van der Waals surface area contributed by atoms with Gasteiger partial charge in [-0.05, 0) is 6.07 Å². The highest BCUT2D eigenvalue weighted by molar-refractivity contribution is 5.76. The molecule has 0 bridgehead atoms. The Bertz CT molecular complexity index is 420. The van der Waals surface area contributed by atoms with Crippen molar-refractivity contribution in [3.63, 3.8) is 0 Å². The van der Waals surface area contributed by atoms with Crippen molar-refractivity contribution in [2.75, 3.05) is 0 Å². The summed E-state index contributed by atoms with van der Waals surface area (Å²) in [7, 11) is 0. The molecule has 13 heavy (non-hydrogen) atoms. The van der Waals surface area contributed by atoms with E-state index >= 15 is 0 Å². The summed E-state index contributed by atoms with van der Waals surface area (Å²) < 4.78 is 5.47. The number of hydrogen-bond acceptors (Lipinski definition) is 3. The van der Waals surface area contributed by atoms with Gasteiger partial charge in [0, 0.05) is 12.0 Å². The van der Waals surface area contributed by atoms with Crippen LogP contribution in [-0.4, -0.2) is 10.1 Å². The van der Waals surface area contributed by atoms with Crippen LogP contribution in [0.1, 0.15) is 18.4 Å². The molecule has 2 aromatic rings. The van der Waals surface area contributed by atoms with E-state index in [0.29, 0.717) is 5.58 Å². The van der Waals surface area contributed by atoms with Crippen LogP contribution >= 0.6 is 0 Å². The average Bonchev–Trinajstić information content (AvgIpc) is 2.59. The maximum Gasteiger partial charge on any atom is 0.195 e. The third-order valence-electron chi connectivity index (χ3n) is 2.01. The van der Waals surface area contributed by atoms with E-state index in [0.717, 1.165) is 23.4 Å². The highest BCUT2D eigenvalue weighted by Crippen LogP contribution is 2.19. The molecule has 0 unspecified atom stereocenters. The fraction of sp³-hybridized carbons (Fsp3) is 0.300. The molecule has 0 aliphatic rings. The molecule has 0 radical (unpaired) electrons. The smallest absolute Gasteiger partial charge is 0.195 e. The largest absolute Gasteiger partial charge is 0.440 e. The molecule has 0 aliphatic heterocycles. The second kappa shape index (κ2) is 3.18. The Morgan fingerprint density at radius 3 is 3.00 bits per heavy atom. The number of oxazole rings is 1. The topological polar surface area (TPSA) is 46.3 Å². The van der Waals surface area contributed by atoms with Crippen LogP contribution in [0, 0.1) is 0 Å². The first-order valence-electron chi connectivity index (χ1n) is 4.33. The van der Waals surface area contributed by atoms with Crippen molar-refractivity contribution in [3.8, 4) is 0 Å². The molecule has 3 heteroatoms. The van der Waals surface area contributed by atoms with E-state index < -0.39 is 0 Å². The minimum absolute atomic E-state index is 0.00428. The first-order chi connectivity index (χ1) is 6.35. The number of para-hydroxylation sites is 1. The third kappa shape index (κ3) is 1.31. The average molecular weight is 177 g/mol. The van der Waals surface area contributed by atoms with E-state index in [1.807, 2.05) is 25.1 Å². The number of aryl methyl sites for hydroxylation is 1. The Kier molecular flexibility index (Phi) is 2.02. The van der Waals surface area contributed by atoms with Gasteiger partial charge in [0.05, 0.1) is 6.61 Å². The van der Waals surface area contributed by atoms with Gasteiger partial charge in [-0.2, -0.15) is 0 Å². The van der Waals surface area contributed by atoms with E-state index in [-0.39, 0.29) is 6.61 Å². The summed E-state index contributed by atoms with van der Waals surface area (Å²) >= 11 is 0. The highest BCUT2D eigenvalue weighted by atomic mass is 16.3. The van der Waals surface area contributed by atoms with Gasteiger partial charge in [0.1, 0.15) is 5.52 Å². The highest BCUT2D eigenvalue weighted by Gasteiger charge is 2.06. The maximum absolute atomic E-state index is 9.03. The Morgan fingerprint density at radius 2 is 2.31 bits per heavy atom. The summed E-state index contributed by atoms with van der Waals surface area (Å²) in [6, 6.07) is 5.60. The van der Waals surface area contributed by atoms with Crippen LogP contribution < -0.4 is 0 Å². The van der Waals surface area contributed by atoms with Gasteiger partial charge in [-0.1, -0.05) is 19.1 Å². The zero-order valence-electron chi connectivity index (χ0n) is 7.45. The monoisotopic (exact) mass is 177 g/mol. The minimum Gasteiger partial charge on any atom is -0.440 e. The summed E-state index contributed by atoms with van der Waals surface area (Å²) in [4.78, 5) is 4.26. The lowest BCUT2D eigenvalue weighted by molar-refractivity contribution is 0.281. The summed E-state index contributed by atoms with van der Waals surface area (Å²) in [5.74, 6) is 0.718. The standard InChI is InChI=1S/C10H11NO2/c1-2-9-11-8-5-3-4-7(6-12)10(8)13-9/h3-5,12H,2,6H2,1H3. The van der Waals surface area contributed by atoms with Crippen molar-refractivity contribution in [2.45, 2.75) is 20.0 Å². The molecule has 0 fully saturated rings. The Balaban J connectivity index is 2.67. The van der Waals surface area contributed by atoms with Crippen molar-refractivity contribution in [2.24, 2.45) is 0 Å². The molecule has 0 atom stereocenters. The van der Waals surface area contributed by atoms with E-state index in [1.165, 1.54) is 0 Å². The molecule has 1 aromatic carbocycles. The van der Waals surface area contributed by atoms with Crippen molar-refractivity contribution < 1.29 is 9.52 Å². The SMILES string of the molecule is CCc1nc2cccc(CO)c2o1. The van der Waals surface area contributed by atoms with Gasteiger partial charge < -0.3 is 9.52 Å². The summed E-state index contributed by atoms with van der Waals surface area (Å²) in [5.41, 5.74) is 2.33. The summed E-state index contributed by atoms with van der Waals surface area (Å²) in [6.45, 7) is 1.99. The number of aromatic nitrogens is 1. The van der Waals surface area contributed by atoms with Gasteiger partial charge in [0.2, 0.25) is 0 Å². The van der Waals surface area contributed by atoms with Gasteiger partial charge in [0.25, 0.3) is 0 Å². The molecule has 0 saturated heterocycles. The second-order valence-electron chi connectivity index (χ2n) is 2.88. The lowest BCUT2D eigenvalue weighted by Gasteiger charge is -1.93. The number of aliphatic hydroxyl groups is 1. The van der Waals surface area contributed by atoms with Crippen LogP contribution in [0.15, 0.2) is 22.6 Å². The zero-order valence-corrected chi connectivity index (χ0v) is 7.45. The fourth-order valence-electron chi connectivity index (χ4n) is 1.33. The van der Waals surface area contributed by atoms with Gasteiger partial charge in [-0.15, -0.1) is 0 Å². The number of nitrogens with zero attached hydrogens (tertiary/aromatic N) is 1. The Hall–Kier alpha value is -1.35. The van der Waals surface area contributed by atoms with Crippen molar-refractivity contribution in [3.05, 3.63) is 29.7 Å². The number of benzene rings is 1. The predicted molar refractivity (Wildman–Crippen MR) is 49.3 cm³/mol. The van der Waals surface area contributed by atoms with Crippen molar-refractivity contribution >= 4 is 11.1 Å². The summed E-state index contributed by atoms with van der Waals surface area (Å²) in [6.07, 6.45) is 0.777. The zero-order chi connectivity index (χ0) is 9.26. The molecular formula is C10H11NO2.